The Labute approximate surface area is 133 Å². The lowest BCUT2D eigenvalue weighted by Crippen LogP contribution is -2.22. The van der Waals surface area contributed by atoms with E-state index in [1.54, 1.807) is 6.26 Å². The largest absolute Gasteiger partial charge is 0.370 e. The number of hydrogen-bond donors (Lipinski definition) is 2. The number of anilines is 1. The van der Waals surface area contributed by atoms with Crippen LogP contribution in [0.4, 0.5) is 5.69 Å². The first kappa shape index (κ1) is 16.2. The minimum absolute atomic E-state index is 0.382. The van der Waals surface area contributed by atoms with Crippen LogP contribution in [0.3, 0.4) is 0 Å². The van der Waals surface area contributed by atoms with Crippen molar-refractivity contribution >= 4 is 22.4 Å². The molecule has 0 aliphatic heterocycles. The van der Waals surface area contributed by atoms with Gasteiger partial charge in [0.05, 0.1) is 6.54 Å². The molecular weight excluding hydrogens is 294 g/mol. The Balaban J connectivity index is 1.95. The van der Waals surface area contributed by atoms with E-state index in [1.165, 1.54) is 5.56 Å². The van der Waals surface area contributed by atoms with Crippen molar-refractivity contribution in [3.8, 4) is 0 Å². The summed E-state index contributed by atoms with van der Waals surface area (Å²) >= 11 is 0. The van der Waals surface area contributed by atoms with Gasteiger partial charge in [0.25, 0.3) is 0 Å². The van der Waals surface area contributed by atoms with Gasteiger partial charge in [0.1, 0.15) is 0 Å². The molecule has 0 radical (unpaired) electrons. The summed E-state index contributed by atoms with van der Waals surface area (Å²) in [4.78, 5) is 5.13. The van der Waals surface area contributed by atoms with Crippen LogP contribution in [0.5, 0.6) is 0 Å². The Morgan fingerprint density at radius 2 is 1.68 bits per heavy atom. The molecule has 116 valence electrons. The van der Waals surface area contributed by atoms with Gasteiger partial charge in [-0.1, -0.05) is 31.2 Å². The third kappa shape index (κ3) is 4.70. The lowest BCUT2D eigenvalue weighted by molar-refractivity contribution is 0.687. The van der Waals surface area contributed by atoms with Gasteiger partial charge in [-0.15, -0.1) is 0 Å². The summed E-state index contributed by atoms with van der Waals surface area (Å²) in [6, 6.07) is 15.7. The Kier molecular flexibility index (Phi) is 5.72. The molecule has 0 amide bonds. The van der Waals surface area contributed by atoms with Crippen LogP contribution in [-0.4, -0.2) is 16.4 Å². The van der Waals surface area contributed by atoms with Crippen LogP contribution < -0.4 is 11.1 Å². The number of nitrogens with one attached hydrogen (secondary N) is 1. The third-order valence-corrected chi connectivity index (χ3v) is 4.26. The van der Waals surface area contributed by atoms with Crippen LogP contribution in [-0.2, 0) is 23.8 Å². The van der Waals surface area contributed by atoms with E-state index in [0.29, 0.717) is 12.5 Å². The van der Waals surface area contributed by atoms with Gasteiger partial charge in [-0.05, 0) is 41.8 Å². The van der Waals surface area contributed by atoms with Crippen molar-refractivity contribution in [2.24, 2.45) is 10.7 Å². The molecule has 4 nitrogen and oxygen atoms in total. The van der Waals surface area contributed by atoms with Gasteiger partial charge >= 0.3 is 0 Å². The van der Waals surface area contributed by atoms with E-state index in [2.05, 4.69) is 29.4 Å². The van der Waals surface area contributed by atoms with Crippen molar-refractivity contribution < 1.29 is 4.21 Å². The summed E-state index contributed by atoms with van der Waals surface area (Å²) < 4.78 is 11.3. The van der Waals surface area contributed by atoms with Gasteiger partial charge in [0, 0.05) is 27.6 Å². The molecule has 2 aromatic rings. The maximum Gasteiger partial charge on any atom is 0.193 e. The van der Waals surface area contributed by atoms with Gasteiger partial charge in [0.15, 0.2) is 5.96 Å². The second kappa shape index (κ2) is 7.75. The van der Waals surface area contributed by atoms with Crippen molar-refractivity contribution in [2.75, 3.05) is 11.6 Å². The SMILES string of the molecule is CCc1ccc(NC(N)=NCc2ccc(S(C)=O)cc2)cc1. The lowest BCUT2D eigenvalue weighted by atomic mass is 10.1. The predicted octanol–water partition coefficient (Wildman–Crippen LogP) is 2.91. The Bertz CT molecular complexity index is 663. The molecule has 22 heavy (non-hydrogen) atoms. The van der Waals surface area contributed by atoms with Gasteiger partial charge in [-0.3, -0.25) is 4.21 Å². The molecule has 0 saturated carbocycles. The summed E-state index contributed by atoms with van der Waals surface area (Å²) in [6.07, 6.45) is 2.68. The van der Waals surface area contributed by atoms with Crippen LogP contribution in [0, 0.1) is 0 Å². The highest BCUT2D eigenvalue weighted by atomic mass is 32.2. The average Bonchev–Trinajstić information content (AvgIpc) is 2.54. The second-order valence-corrected chi connectivity index (χ2v) is 6.35. The maximum absolute atomic E-state index is 11.3. The Morgan fingerprint density at radius 3 is 2.23 bits per heavy atom. The highest BCUT2D eigenvalue weighted by Crippen LogP contribution is 2.11. The fourth-order valence-corrected chi connectivity index (χ4v) is 2.49. The molecule has 0 heterocycles. The number of nitrogens with zero attached hydrogens (tertiary/aromatic N) is 1. The number of nitrogens with two attached hydrogens (primary N) is 1. The summed E-state index contributed by atoms with van der Waals surface area (Å²) in [5.41, 5.74) is 9.13. The minimum Gasteiger partial charge on any atom is -0.370 e. The Hall–Kier alpha value is -2.14. The van der Waals surface area contributed by atoms with Crippen molar-refractivity contribution in [1.82, 2.24) is 0 Å². The monoisotopic (exact) mass is 315 g/mol. The van der Waals surface area contributed by atoms with E-state index in [1.807, 2.05) is 36.4 Å². The molecule has 3 N–H and O–H groups in total. The first-order valence-corrected chi connectivity index (χ1v) is 8.72. The van der Waals surface area contributed by atoms with Crippen LogP contribution in [0.1, 0.15) is 18.1 Å². The van der Waals surface area contributed by atoms with Crippen LogP contribution in [0.25, 0.3) is 0 Å². The lowest BCUT2D eigenvalue weighted by Gasteiger charge is -2.06. The molecule has 0 aliphatic carbocycles. The molecule has 1 atom stereocenters. The Morgan fingerprint density at radius 1 is 1.09 bits per heavy atom. The quantitative estimate of drug-likeness (QED) is 0.658. The predicted molar refractivity (Wildman–Crippen MR) is 93.5 cm³/mol. The molecule has 0 aliphatic rings. The number of guanidine groups is 1. The normalized spacial score (nSPS) is 12.9. The van der Waals surface area contributed by atoms with Crippen molar-refractivity contribution in [2.45, 2.75) is 24.8 Å². The summed E-state index contributed by atoms with van der Waals surface area (Å²) in [6.45, 7) is 2.61. The summed E-state index contributed by atoms with van der Waals surface area (Å²) in [7, 11) is -0.952. The van der Waals surface area contributed by atoms with Crippen molar-refractivity contribution in [1.29, 1.82) is 0 Å². The molecule has 1 unspecified atom stereocenters. The molecule has 5 heteroatoms. The van der Waals surface area contributed by atoms with Crippen LogP contribution in [0.15, 0.2) is 58.4 Å². The average molecular weight is 315 g/mol. The zero-order valence-corrected chi connectivity index (χ0v) is 13.7. The van der Waals surface area contributed by atoms with E-state index < -0.39 is 10.8 Å². The third-order valence-electron chi connectivity index (χ3n) is 3.32. The molecule has 0 aromatic heterocycles. The van der Waals surface area contributed by atoms with E-state index in [0.717, 1.165) is 22.6 Å². The maximum atomic E-state index is 11.3. The van der Waals surface area contributed by atoms with E-state index in [4.69, 9.17) is 5.73 Å². The number of hydrogen-bond acceptors (Lipinski definition) is 2. The number of benzene rings is 2. The first-order chi connectivity index (χ1) is 10.6. The van der Waals surface area contributed by atoms with E-state index in [9.17, 15) is 4.21 Å². The minimum atomic E-state index is -0.952. The zero-order chi connectivity index (χ0) is 15.9. The smallest absolute Gasteiger partial charge is 0.193 e. The van der Waals surface area contributed by atoms with Gasteiger partial charge in [0.2, 0.25) is 0 Å². The van der Waals surface area contributed by atoms with Gasteiger partial charge in [-0.25, -0.2) is 4.99 Å². The number of rotatable bonds is 5. The fraction of sp³-hybridized carbons (Fsp3) is 0.235. The van der Waals surface area contributed by atoms with Crippen LogP contribution >= 0.6 is 0 Å². The molecule has 0 bridgehead atoms. The van der Waals surface area contributed by atoms with Crippen molar-refractivity contribution in [3.05, 3.63) is 59.7 Å². The summed E-state index contributed by atoms with van der Waals surface area (Å²) in [5, 5.41) is 3.07. The number of aryl methyl sites for hydroxylation is 1. The molecule has 2 aromatic carbocycles. The molecule has 0 fully saturated rings. The second-order valence-electron chi connectivity index (χ2n) is 4.98. The standard InChI is InChI=1S/C17H21N3OS/c1-3-13-4-8-15(9-5-13)20-17(18)19-12-14-6-10-16(11-7-14)22(2)21/h4-11H,3,12H2,1-2H3,(H3,18,19,20). The summed E-state index contributed by atoms with van der Waals surface area (Å²) in [5.74, 6) is 0.382. The van der Waals surface area contributed by atoms with Gasteiger partial charge < -0.3 is 11.1 Å². The van der Waals surface area contributed by atoms with Crippen molar-refractivity contribution in [3.63, 3.8) is 0 Å². The zero-order valence-electron chi connectivity index (χ0n) is 12.9. The van der Waals surface area contributed by atoms with E-state index in [-0.39, 0.29) is 0 Å². The number of aliphatic imine (C=N–C) groups is 1. The topological polar surface area (TPSA) is 67.5 Å². The molecule has 2 rings (SSSR count). The first-order valence-electron chi connectivity index (χ1n) is 7.16. The highest BCUT2D eigenvalue weighted by Gasteiger charge is 1.99. The highest BCUT2D eigenvalue weighted by molar-refractivity contribution is 7.84. The van der Waals surface area contributed by atoms with Crippen LogP contribution in [0.2, 0.25) is 0 Å². The van der Waals surface area contributed by atoms with Gasteiger partial charge in [-0.2, -0.15) is 0 Å². The molecule has 0 saturated heterocycles. The molecular formula is C17H21N3OS. The fourth-order valence-electron chi connectivity index (χ4n) is 1.97. The molecule has 0 spiro atoms. The van der Waals surface area contributed by atoms with E-state index >= 15 is 0 Å².